The highest BCUT2D eigenvalue weighted by Gasteiger charge is 2.23. The number of aromatic nitrogens is 4. The average molecular weight is 285 g/mol. The van der Waals surface area contributed by atoms with Gasteiger partial charge >= 0.3 is 0 Å². The largest absolute Gasteiger partial charge is 0.351 e. The van der Waals surface area contributed by atoms with E-state index in [1.807, 2.05) is 13.0 Å². The predicted molar refractivity (Wildman–Crippen MR) is 80.2 cm³/mol. The molecule has 0 amide bonds. The average Bonchev–Trinajstić information content (AvgIpc) is 2.49. The lowest BCUT2D eigenvalue weighted by atomic mass is 9.91. The van der Waals surface area contributed by atoms with Crippen molar-refractivity contribution in [2.24, 2.45) is 0 Å². The molecular weight excluding hydrogens is 266 g/mol. The van der Waals surface area contributed by atoms with Gasteiger partial charge in [-0.25, -0.2) is 14.6 Å². The topological polar surface area (TPSA) is 72.7 Å². The van der Waals surface area contributed by atoms with Crippen LogP contribution in [-0.2, 0) is 0 Å². The van der Waals surface area contributed by atoms with Crippen LogP contribution in [0.5, 0.6) is 0 Å². The Morgan fingerprint density at radius 1 is 1.19 bits per heavy atom. The highest BCUT2D eigenvalue weighted by atomic mass is 16.1. The Balaban J connectivity index is 1.61. The smallest absolute Gasteiger partial charge is 0.266 e. The zero-order valence-corrected chi connectivity index (χ0v) is 12.1. The highest BCUT2D eigenvalue weighted by molar-refractivity contribution is 5.26. The third-order valence-electron chi connectivity index (χ3n) is 3.91. The van der Waals surface area contributed by atoms with Gasteiger partial charge in [0.25, 0.3) is 5.56 Å². The SMILES string of the molecule is Cc1ccnc(NC2CCC(n3ncccc3=O)CC2)n1. The maximum Gasteiger partial charge on any atom is 0.266 e. The van der Waals surface area contributed by atoms with Crippen molar-refractivity contribution in [1.82, 2.24) is 19.7 Å². The van der Waals surface area contributed by atoms with Crippen LogP contribution in [0.4, 0.5) is 5.95 Å². The van der Waals surface area contributed by atoms with E-state index in [2.05, 4.69) is 20.4 Å². The van der Waals surface area contributed by atoms with Crippen molar-refractivity contribution in [3.63, 3.8) is 0 Å². The first kappa shape index (κ1) is 13.7. The first-order valence-corrected chi connectivity index (χ1v) is 7.32. The van der Waals surface area contributed by atoms with Gasteiger partial charge in [-0.05, 0) is 44.7 Å². The van der Waals surface area contributed by atoms with Crippen molar-refractivity contribution in [2.75, 3.05) is 5.32 Å². The molecule has 1 aliphatic carbocycles. The summed E-state index contributed by atoms with van der Waals surface area (Å²) in [4.78, 5) is 20.4. The molecule has 1 saturated carbocycles. The van der Waals surface area contributed by atoms with Crippen molar-refractivity contribution in [3.8, 4) is 0 Å². The molecule has 6 nitrogen and oxygen atoms in total. The van der Waals surface area contributed by atoms with E-state index < -0.39 is 0 Å². The summed E-state index contributed by atoms with van der Waals surface area (Å²) in [5, 5.41) is 7.56. The van der Waals surface area contributed by atoms with E-state index >= 15 is 0 Å². The molecule has 3 rings (SSSR count). The summed E-state index contributed by atoms with van der Waals surface area (Å²) in [5.74, 6) is 0.688. The molecule has 2 heterocycles. The zero-order chi connectivity index (χ0) is 14.7. The molecule has 1 fully saturated rings. The minimum absolute atomic E-state index is 0.0177. The lowest BCUT2D eigenvalue weighted by molar-refractivity contribution is 0.303. The molecule has 0 atom stereocenters. The van der Waals surface area contributed by atoms with Gasteiger partial charge in [-0.15, -0.1) is 0 Å². The quantitative estimate of drug-likeness (QED) is 0.933. The van der Waals surface area contributed by atoms with Gasteiger partial charge in [0.1, 0.15) is 0 Å². The molecule has 0 unspecified atom stereocenters. The number of hydrogen-bond donors (Lipinski definition) is 1. The molecule has 0 spiro atoms. The van der Waals surface area contributed by atoms with Crippen LogP contribution in [0.3, 0.4) is 0 Å². The van der Waals surface area contributed by atoms with E-state index in [-0.39, 0.29) is 11.6 Å². The maximum absolute atomic E-state index is 11.8. The molecule has 2 aromatic heterocycles. The molecule has 6 heteroatoms. The summed E-state index contributed by atoms with van der Waals surface area (Å²) in [6.07, 6.45) is 7.31. The van der Waals surface area contributed by atoms with Crippen molar-refractivity contribution >= 4 is 5.95 Å². The molecule has 0 saturated heterocycles. The number of nitrogens with zero attached hydrogens (tertiary/aromatic N) is 4. The van der Waals surface area contributed by atoms with Crippen molar-refractivity contribution in [3.05, 3.63) is 46.6 Å². The Labute approximate surface area is 123 Å². The molecular formula is C15H19N5O. The van der Waals surface area contributed by atoms with Crippen molar-refractivity contribution in [2.45, 2.75) is 44.7 Å². The van der Waals surface area contributed by atoms with Crippen LogP contribution in [0.25, 0.3) is 0 Å². The minimum Gasteiger partial charge on any atom is -0.351 e. The van der Waals surface area contributed by atoms with Crippen LogP contribution in [0, 0.1) is 6.92 Å². The van der Waals surface area contributed by atoms with Crippen LogP contribution in [0.15, 0.2) is 35.4 Å². The fourth-order valence-electron chi connectivity index (χ4n) is 2.81. The first-order valence-electron chi connectivity index (χ1n) is 7.32. The number of aryl methyl sites for hydroxylation is 1. The normalized spacial score (nSPS) is 22.0. The first-order chi connectivity index (χ1) is 10.2. The molecule has 2 aromatic rings. The summed E-state index contributed by atoms with van der Waals surface area (Å²) >= 11 is 0. The Kier molecular flexibility index (Phi) is 3.94. The second-order valence-electron chi connectivity index (χ2n) is 5.48. The van der Waals surface area contributed by atoms with E-state index in [0.717, 1.165) is 31.4 Å². The lowest BCUT2D eigenvalue weighted by Gasteiger charge is -2.29. The zero-order valence-electron chi connectivity index (χ0n) is 12.1. The van der Waals surface area contributed by atoms with Crippen molar-refractivity contribution in [1.29, 1.82) is 0 Å². The molecule has 0 bridgehead atoms. The summed E-state index contributed by atoms with van der Waals surface area (Å²) < 4.78 is 1.61. The monoisotopic (exact) mass is 285 g/mol. The molecule has 0 aromatic carbocycles. The third kappa shape index (κ3) is 3.26. The van der Waals surface area contributed by atoms with Gasteiger partial charge < -0.3 is 5.32 Å². The summed E-state index contributed by atoms with van der Waals surface area (Å²) in [6.45, 7) is 1.96. The van der Waals surface area contributed by atoms with Gasteiger partial charge in [-0.3, -0.25) is 4.79 Å². The fourth-order valence-corrected chi connectivity index (χ4v) is 2.81. The Morgan fingerprint density at radius 3 is 2.71 bits per heavy atom. The van der Waals surface area contributed by atoms with E-state index in [1.54, 1.807) is 29.2 Å². The number of hydrogen-bond acceptors (Lipinski definition) is 5. The third-order valence-corrected chi connectivity index (χ3v) is 3.91. The number of rotatable bonds is 3. The van der Waals surface area contributed by atoms with Gasteiger partial charge in [-0.2, -0.15) is 5.10 Å². The molecule has 1 N–H and O–H groups in total. The van der Waals surface area contributed by atoms with Crippen LogP contribution in [0.2, 0.25) is 0 Å². The molecule has 1 aliphatic rings. The highest BCUT2D eigenvalue weighted by Crippen LogP contribution is 2.28. The van der Waals surface area contributed by atoms with E-state index in [4.69, 9.17) is 0 Å². The molecule has 110 valence electrons. The maximum atomic E-state index is 11.8. The summed E-state index contributed by atoms with van der Waals surface area (Å²) in [6, 6.07) is 5.70. The minimum atomic E-state index is -0.0177. The summed E-state index contributed by atoms with van der Waals surface area (Å²) in [5.41, 5.74) is 0.942. The standard InChI is InChI=1S/C15H19N5O/c1-11-8-10-16-15(18-11)19-12-4-6-13(7-5-12)20-14(21)3-2-9-17-20/h2-3,8-10,12-13H,4-7H2,1H3,(H,16,18,19). The Hall–Kier alpha value is -2.24. The van der Waals surface area contributed by atoms with Gasteiger partial charge in [0.15, 0.2) is 0 Å². The van der Waals surface area contributed by atoms with E-state index in [9.17, 15) is 4.79 Å². The molecule has 0 radical (unpaired) electrons. The number of anilines is 1. The molecule has 21 heavy (non-hydrogen) atoms. The van der Waals surface area contributed by atoms with Gasteiger partial charge in [-0.1, -0.05) is 0 Å². The van der Waals surface area contributed by atoms with Crippen molar-refractivity contribution < 1.29 is 0 Å². The predicted octanol–water partition coefficient (Wildman–Crippen LogP) is 1.94. The van der Waals surface area contributed by atoms with Crippen LogP contribution >= 0.6 is 0 Å². The van der Waals surface area contributed by atoms with Crippen LogP contribution < -0.4 is 10.9 Å². The fraction of sp³-hybridized carbons (Fsp3) is 0.467. The summed E-state index contributed by atoms with van der Waals surface area (Å²) in [7, 11) is 0. The van der Waals surface area contributed by atoms with Gasteiger partial charge in [0, 0.05) is 30.2 Å². The Bertz CT molecular complexity index is 661. The van der Waals surface area contributed by atoms with E-state index in [1.165, 1.54) is 0 Å². The molecule has 0 aliphatic heterocycles. The van der Waals surface area contributed by atoms with Crippen LogP contribution in [-0.4, -0.2) is 25.8 Å². The second kappa shape index (κ2) is 6.03. The van der Waals surface area contributed by atoms with Gasteiger partial charge in [0.2, 0.25) is 5.95 Å². The lowest BCUT2D eigenvalue weighted by Crippen LogP contribution is -2.33. The van der Waals surface area contributed by atoms with Gasteiger partial charge in [0.05, 0.1) is 6.04 Å². The second-order valence-corrected chi connectivity index (χ2v) is 5.48. The number of nitrogens with one attached hydrogen (secondary N) is 1. The van der Waals surface area contributed by atoms with Crippen LogP contribution in [0.1, 0.15) is 37.4 Å². The Morgan fingerprint density at radius 2 is 2.00 bits per heavy atom. The van der Waals surface area contributed by atoms with E-state index in [0.29, 0.717) is 12.0 Å².